The van der Waals surface area contributed by atoms with Crippen LogP contribution in [0.1, 0.15) is 30.4 Å². The van der Waals surface area contributed by atoms with Crippen molar-refractivity contribution >= 4 is 21.6 Å². The largest absolute Gasteiger partial charge is 0.435 e. The number of rotatable bonds is 7. The number of anilines is 1. The molecule has 162 valence electrons. The molecule has 1 saturated heterocycles. The molecule has 9 heteroatoms. The van der Waals surface area contributed by atoms with Crippen molar-refractivity contribution in [3.8, 4) is 5.75 Å². The molecule has 0 atom stereocenters. The van der Waals surface area contributed by atoms with Crippen LogP contribution in [-0.4, -0.2) is 38.3 Å². The van der Waals surface area contributed by atoms with Gasteiger partial charge in [0, 0.05) is 18.8 Å². The van der Waals surface area contributed by atoms with Gasteiger partial charge in [-0.2, -0.15) is 13.1 Å². The summed E-state index contributed by atoms with van der Waals surface area (Å²) in [7, 11) is -3.62. The third-order valence-corrected chi connectivity index (χ3v) is 6.96. The minimum Gasteiger partial charge on any atom is -0.435 e. The number of ether oxygens (including phenoxy) is 1. The van der Waals surface area contributed by atoms with Crippen molar-refractivity contribution < 1.29 is 26.7 Å². The van der Waals surface area contributed by atoms with E-state index in [1.807, 2.05) is 0 Å². The predicted octanol–water partition coefficient (Wildman–Crippen LogP) is 3.95. The van der Waals surface area contributed by atoms with E-state index in [1.54, 1.807) is 19.1 Å². The second kappa shape index (κ2) is 9.53. The molecule has 6 nitrogen and oxygen atoms in total. The Bertz CT molecular complexity index is 989. The Hall–Kier alpha value is -2.52. The zero-order valence-electron chi connectivity index (χ0n) is 16.6. The van der Waals surface area contributed by atoms with Crippen LogP contribution in [-0.2, 0) is 21.2 Å². The number of nitrogens with one attached hydrogen (secondary N) is 1. The zero-order valence-corrected chi connectivity index (χ0v) is 17.4. The fraction of sp³-hybridized carbons (Fsp3) is 0.381. The van der Waals surface area contributed by atoms with E-state index >= 15 is 0 Å². The van der Waals surface area contributed by atoms with Gasteiger partial charge in [0.05, 0.1) is 11.3 Å². The Balaban J connectivity index is 1.69. The lowest BCUT2D eigenvalue weighted by Gasteiger charge is -2.26. The normalized spacial score (nSPS) is 15.2. The summed E-state index contributed by atoms with van der Waals surface area (Å²) in [6, 6.07) is 10.6. The van der Waals surface area contributed by atoms with E-state index in [4.69, 9.17) is 0 Å². The van der Waals surface area contributed by atoms with Crippen LogP contribution in [0.15, 0.2) is 47.4 Å². The van der Waals surface area contributed by atoms with Crippen molar-refractivity contribution in [2.45, 2.75) is 44.1 Å². The Morgan fingerprint density at radius 3 is 2.40 bits per heavy atom. The molecule has 0 bridgehead atoms. The van der Waals surface area contributed by atoms with Crippen LogP contribution in [0.5, 0.6) is 5.75 Å². The summed E-state index contributed by atoms with van der Waals surface area (Å²) in [6.07, 6.45) is 2.72. The summed E-state index contributed by atoms with van der Waals surface area (Å²) < 4.78 is 56.2. The van der Waals surface area contributed by atoms with Gasteiger partial charge < -0.3 is 10.1 Å². The molecular formula is C21H24F2N2O4S. The third-order valence-electron chi connectivity index (χ3n) is 4.92. The molecule has 0 unspecified atom stereocenters. The van der Waals surface area contributed by atoms with Crippen molar-refractivity contribution in [2.75, 3.05) is 18.4 Å². The van der Waals surface area contributed by atoms with Crippen LogP contribution in [0.3, 0.4) is 0 Å². The summed E-state index contributed by atoms with van der Waals surface area (Å²) in [5.41, 5.74) is 1.62. The number of nitrogens with zero attached hydrogens (tertiary/aromatic N) is 1. The van der Waals surface area contributed by atoms with Gasteiger partial charge in [-0.1, -0.05) is 24.6 Å². The predicted molar refractivity (Wildman–Crippen MR) is 109 cm³/mol. The molecule has 2 aromatic rings. The number of amides is 1. The molecule has 0 aliphatic carbocycles. The number of hydrogen-bond acceptors (Lipinski definition) is 4. The van der Waals surface area contributed by atoms with Gasteiger partial charge >= 0.3 is 6.61 Å². The molecule has 30 heavy (non-hydrogen) atoms. The summed E-state index contributed by atoms with van der Waals surface area (Å²) in [4.78, 5) is 12.6. The van der Waals surface area contributed by atoms with Crippen molar-refractivity contribution in [3.63, 3.8) is 0 Å². The third kappa shape index (κ3) is 5.54. The molecule has 0 aromatic heterocycles. The average Bonchev–Trinajstić information content (AvgIpc) is 2.71. The summed E-state index contributed by atoms with van der Waals surface area (Å²) in [6.45, 7) is -0.172. The standard InChI is InChI=1S/C21H24F2N2O4S/c1-15-5-8-17(14-19(15)30(27,28)25-11-3-2-4-12-25)24-20(26)13-16-6-9-18(10-7-16)29-21(22)23/h5-10,14,21H,2-4,11-13H2,1H3,(H,24,26). The lowest BCUT2D eigenvalue weighted by Crippen LogP contribution is -2.36. The summed E-state index contributed by atoms with van der Waals surface area (Å²) in [5.74, 6) is -0.331. The highest BCUT2D eigenvalue weighted by molar-refractivity contribution is 7.89. The van der Waals surface area contributed by atoms with Gasteiger partial charge in [-0.15, -0.1) is 0 Å². The maximum atomic E-state index is 13.0. The highest BCUT2D eigenvalue weighted by atomic mass is 32.2. The van der Waals surface area contributed by atoms with Crippen LogP contribution in [0.2, 0.25) is 0 Å². The average molecular weight is 438 g/mol. The van der Waals surface area contributed by atoms with Crippen LogP contribution in [0.4, 0.5) is 14.5 Å². The van der Waals surface area contributed by atoms with Gasteiger partial charge in [-0.3, -0.25) is 4.79 Å². The number of piperidine rings is 1. The molecule has 0 saturated carbocycles. The van der Waals surface area contributed by atoms with Crippen LogP contribution >= 0.6 is 0 Å². The Labute approximate surface area is 174 Å². The maximum Gasteiger partial charge on any atom is 0.387 e. The fourth-order valence-corrected chi connectivity index (χ4v) is 5.15. The number of benzene rings is 2. The van der Waals surface area contributed by atoms with Crippen molar-refractivity contribution in [3.05, 3.63) is 53.6 Å². The highest BCUT2D eigenvalue weighted by Gasteiger charge is 2.27. The second-order valence-electron chi connectivity index (χ2n) is 7.19. The lowest BCUT2D eigenvalue weighted by atomic mass is 10.1. The van der Waals surface area contributed by atoms with Gasteiger partial charge in [0.1, 0.15) is 5.75 Å². The van der Waals surface area contributed by atoms with Crippen molar-refractivity contribution in [2.24, 2.45) is 0 Å². The number of aryl methyl sites for hydroxylation is 1. The maximum absolute atomic E-state index is 13.0. The molecule has 1 aliphatic rings. The molecule has 1 aliphatic heterocycles. The molecule has 3 rings (SSSR count). The minimum atomic E-state index is -3.62. The summed E-state index contributed by atoms with van der Waals surface area (Å²) >= 11 is 0. The highest BCUT2D eigenvalue weighted by Crippen LogP contribution is 2.26. The van der Waals surface area contributed by atoms with Crippen LogP contribution in [0.25, 0.3) is 0 Å². The molecule has 1 N–H and O–H groups in total. The first-order valence-corrected chi connectivity index (χ1v) is 11.1. The molecule has 1 amide bonds. The monoisotopic (exact) mass is 438 g/mol. The van der Waals surface area contributed by atoms with E-state index < -0.39 is 16.6 Å². The van der Waals surface area contributed by atoms with Gasteiger partial charge in [-0.05, 0) is 55.2 Å². The molecular weight excluding hydrogens is 414 g/mol. The number of halogens is 2. The van der Waals surface area contributed by atoms with Crippen molar-refractivity contribution in [1.29, 1.82) is 0 Å². The molecule has 2 aromatic carbocycles. The van der Waals surface area contributed by atoms with E-state index in [1.165, 1.54) is 34.6 Å². The Kier molecular flexibility index (Phi) is 7.04. The molecule has 0 radical (unpaired) electrons. The van der Waals surface area contributed by atoms with Crippen LogP contribution < -0.4 is 10.1 Å². The van der Waals surface area contributed by atoms with E-state index in [0.717, 1.165) is 19.3 Å². The van der Waals surface area contributed by atoms with E-state index in [-0.39, 0.29) is 23.0 Å². The molecule has 1 fully saturated rings. The fourth-order valence-electron chi connectivity index (χ4n) is 3.38. The number of alkyl halides is 2. The SMILES string of the molecule is Cc1ccc(NC(=O)Cc2ccc(OC(F)F)cc2)cc1S(=O)(=O)N1CCCCC1. The number of carbonyl (C=O) groups excluding carboxylic acids is 1. The molecule has 1 heterocycles. The number of carbonyl (C=O) groups is 1. The van der Waals surface area contributed by atoms with E-state index in [9.17, 15) is 22.0 Å². The Morgan fingerprint density at radius 2 is 1.77 bits per heavy atom. The summed E-state index contributed by atoms with van der Waals surface area (Å²) in [5, 5.41) is 2.71. The van der Waals surface area contributed by atoms with Crippen LogP contribution in [0, 0.1) is 6.92 Å². The first-order valence-electron chi connectivity index (χ1n) is 9.70. The van der Waals surface area contributed by atoms with E-state index in [0.29, 0.717) is 29.9 Å². The molecule has 0 spiro atoms. The van der Waals surface area contributed by atoms with Gasteiger partial charge in [0.15, 0.2) is 0 Å². The minimum absolute atomic E-state index is 0.0110. The van der Waals surface area contributed by atoms with Gasteiger partial charge in [-0.25, -0.2) is 8.42 Å². The smallest absolute Gasteiger partial charge is 0.387 e. The van der Waals surface area contributed by atoms with Gasteiger partial charge in [0.2, 0.25) is 15.9 Å². The van der Waals surface area contributed by atoms with Gasteiger partial charge in [0.25, 0.3) is 0 Å². The first-order chi connectivity index (χ1) is 14.3. The van der Waals surface area contributed by atoms with E-state index in [2.05, 4.69) is 10.1 Å². The Morgan fingerprint density at radius 1 is 1.10 bits per heavy atom. The van der Waals surface area contributed by atoms with Crippen molar-refractivity contribution in [1.82, 2.24) is 4.31 Å². The lowest BCUT2D eigenvalue weighted by molar-refractivity contribution is -0.115. The topological polar surface area (TPSA) is 75.7 Å². The number of sulfonamides is 1. The second-order valence-corrected chi connectivity index (χ2v) is 9.10. The first kappa shape index (κ1) is 22.2. The zero-order chi connectivity index (χ0) is 21.7. The number of hydrogen-bond donors (Lipinski definition) is 1. The quantitative estimate of drug-likeness (QED) is 0.710.